The molecule has 3 aliphatic rings. The van der Waals surface area contributed by atoms with Crippen LogP contribution in [0, 0.1) is 11.8 Å². The van der Waals surface area contributed by atoms with Crippen LogP contribution >= 0.6 is 0 Å². The molecule has 4 atom stereocenters. The number of carbonyl (C=O) groups excluding carboxylic acids is 1. The van der Waals surface area contributed by atoms with Crippen LogP contribution in [0.1, 0.15) is 28.8 Å². The van der Waals surface area contributed by atoms with Gasteiger partial charge < -0.3 is 15.1 Å². The molecule has 1 amide bonds. The molecule has 118 valence electrons. The summed E-state index contributed by atoms with van der Waals surface area (Å²) in [6.07, 6.45) is 2.38. The third-order valence-corrected chi connectivity index (χ3v) is 5.71. The van der Waals surface area contributed by atoms with Crippen molar-refractivity contribution in [2.75, 3.05) is 27.2 Å². The first-order chi connectivity index (χ1) is 10.6. The molecule has 0 unspecified atom stereocenters. The van der Waals surface area contributed by atoms with Gasteiger partial charge in [0.1, 0.15) is 0 Å². The standard InChI is InChI=1S/C18H25N3O/c1-20(2)11-12-3-5-13(6-4-12)18(22)21-16-7-8-17(21)15-10-19-9-14(15)16/h3-6,14-17,19H,7-11H2,1-2H3/t14-,15+,16-,17+. The Balaban J connectivity index is 1.53. The van der Waals surface area contributed by atoms with Crippen molar-refractivity contribution in [3.63, 3.8) is 0 Å². The number of benzene rings is 1. The van der Waals surface area contributed by atoms with Crippen molar-refractivity contribution in [2.45, 2.75) is 31.5 Å². The van der Waals surface area contributed by atoms with Gasteiger partial charge in [-0.25, -0.2) is 0 Å². The van der Waals surface area contributed by atoms with Crippen molar-refractivity contribution in [2.24, 2.45) is 11.8 Å². The molecule has 0 spiro atoms. The predicted octanol–water partition coefficient (Wildman–Crippen LogP) is 1.57. The van der Waals surface area contributed by atoms with Crippen LogP contribution in [-0.2, 0) is 6.54 Å². The average molecular weight is 299 g/mol. The maximum absolute atomic E-state index is 13.0. The van der Waals surface area contributed by atoms with E-state index in [0.717, 1.165) is 25.2 Å². The molecule has 3 saturated heterocycles. The molecular formula is C18H25N3O. The van der Waals surface area contributed by atoms with Crippen LogP contribution in [0.15, 0.2) is 24.3 Å². The summed E-state index contributed by atoms with van der Waals surface area (Å²) in [7, 11) is 4.13. The van der Waals surface area contributed by atoms with E-state index in [4.69, 9.17) is 0 Å². The number of carbonyl (C=O) groups is 1. The highest BCUT2D eigenvalue weighted by atomic mass is 16.2. The van der Waals surface area contributed by atoms with Crippen LogP contribution in [-0.4, -0.2) is 55.0 Å². The lowest BCUT2D eigenvalue weighted by atomic mass is 9.82. The van der Waals surface area contributed by atoms with Crippen molar-refractivity contribution in [1.29, 1.82) is 0 Å². The van der Waals surface area contributed by atoms with Gasteiger partial charge in [0.15, 0.2) is 0 Å². The lowest BCUT2D eigenvalue weighted by Crippen LogP contribution is -2.39. The summed E-state index contributed by atoms with van der Waals surface area (Å²) in [5.74, 6) is 1.63. The zero-order valence-corrected chi connectivity index (χ0v) is 13.5. The quantitative estimate of drug-likeness (QED) is 0.920. The molecule has 1 aromatic carbocycles. The number of fused-ring (bicyclic) bond motifs is 5. The fourth-order valence-corrected chi connectivity index (χ4v) is 4.84. The highest BCUT2D eigenvalue weighted by Crippen LogP contribution is 2.47. The first kappa shape index (κ1) is 14.2. The second kappa shape index (κ2) is 5.36. The van der Waals surface area contributed by atoms with Crippen LogP contribution in [0.25, 0.3) is 0 Å². The molecule has 0 aliphatic carbocycles. The molecule has 3 aliphatic heterocycles. The lowest BCUT2D eigenvalue weighted by molar-refractivity contribution is 0.0709. The number of hydrogen-bond acceptors (Lipinski definition) is 3. The third-order valence-electron chi connectivity index (χ3n) is 5.71. The first-order valence-corrected chi connectivity index (χ1v) is 8.42. The van der Waals surface area contributed by atoms with Gasteiger partial charge in [-0.15, -0.1) is 0 Å². The summed E-state index contributed by atoms with van der Waals surface area (Å²) < 4.78 is 0. The molecule has 4 nitrogen and oxygen atoms in total. The van der Waals surface area contributed by atoms with Crippen molar-refractivity contribution in [1.82, 2.24) is 15.1 Å². The van der Waals surface area contributed by atoms with Crippen LogP contribution in [0.3, 0.4) is 0 Å². The zero-order chi connectivity index (χ0) is 15.3. The molecule has 0 aromatic heterocycles. The van der Waals surface area contributed by atoms with Crippen LogP contribution in [0.2, 0.25) is 0 Å². The highest BCUT2D eigenvalue weighted by molar-refractivity contribution is 5.95. The SMILES string of the molecule is CN(C)Cc1ccc(C(=O)N2[C@@H]3CC[C@H]2[C@H]2CNC[C@H]23)cc1. The molecule has 3 fully saturated rings. The van der Waals surface area contributed by atoms with Crippen molar-refractivity contribution >= 4 is 5.91 Å². The minimum absolute atomic E-state index is 0.248. The summed E-state index contributed by atoms with van der Waals surface area (Å²) in [6.45, 7) is 3.11. The number of amides is 1. The number of hydrogen-bond donors (Lipinski definition) is 1. The second-order valence-electron chi connectivity index (χ2n) is 7.35. The Morgan fingerprint density at radius 1 is 1.14 bits per heavy atom. The van der Waals surface area contributed by atoms with E-state index < -0.39 is 0 Å². The normalized spacial score (nSPS) is 32.8. The van der Waals surface area contributed by atoms with E-state index in [1.54, 1.807) is 0 Å². The zero-order valence-electron chi connectivity index (χ0n) is 13.5. The van der Waals surface area contributed by atoms with E-state index in [1.165, 1.54) is 18.4 Å². The molecule has 4 heteroatoms. The van der Waals surface area contributed by atoms with Crippen LogP contribution in [0.5, 0.6) is 0 Å². The van der Waals surface area contributed by atoms with Crippen LogP contribution < -0.4 is 5.32 Å². The largest absolute Gasteiger partial charge is 0.332 e. The lowest BCUT2D eigenvalue weighted by Gasteiger charge is -2.25. The van der Waals surface area contributed by atoms with E-state index in [0.29, 0.717) is 23.9 Å². The van der Waals surface area contributed by atoms with E-state index in [-0.39, 0.29) is 5.91 Å². The van der Waals surface area contributed by atoms with E-state index in [2.05, 4.69) is 41.3 Å². The molecule has 3 heterocycles. The number of nitrogens with one attached hydrogen (secondary N) is 1. The van der Waals surface area contributed by atoms with Gasteiger partial charge in [-0.2, -0.15) is 0 Å². The van der Waals surface area contributed by atoms with Crippen molar-refractivity contribution < 1.29 is 4.79 Å². The van der Waals surface area contributed by atoms with Gasteiger partial charge in [0.25, 0.3) is 5.91 Å². The molecule has 2 bridgehead atoms. The molecule has 0 saturated carbocycles. The number of nitrogens with zero attached hydrogens (tertiary/aromatic N) is 2. The van der Waals surface area contributed by atoms with Gasteiger partial charge in [0.05, 0.1) is 0 Å². The van der Waals surface area contributed by atoms with Gasteiger partial charge in [-0.05, 0) is 56.5 Å². The van der Waals surface area contributed by atoms with Gasteiger partial charge >= 0.3 is 0 Å². The molecule has 1 N–H and O–H groups in total. The van der Waals surface area contributed by atoms with E-state index >= 15 is 0 Å². The van der Waals surface area contributed by atoms with Gasteiger partial charge in [-0.3, -0.25) is 4.79 Å². The van der Waals surface area contributed by atoms with Crippen molar-refractivity contribution in [3.8, 4) is 0 Å². The fourth-order valence-electron chi connectivity index (χ4n) is 4.84. The number of rotatable bonds is 3. The molecule has 0 radical (unpaired) electrons. The summed E-state index contributed by atoms with van der Waals surface area (Å²) in [5.41, 5.74) is 2.11. The summed E-state index contributed by atoms with van der Waals surface area (Å²) in [5, 5.41) is 3.51. The minimum Gasteiger partial charge on any atom is -0.332 e. The predicted molar refractivity (Wildman–Crippen MR) is 86.7 cm³/mol. The Hall–Kier alpha value is -1.39. The van der Waals surface area contributed by atoms with E-state index in [9.17, 15) is 4.79 Å². The maximum Gasteiger partial charge on any atom is 0.254 e. The monoisotopic (exact) mass is 299 g/mol. The molecule has 22 heavy (non-hydrogen) atoms. The molecular weight excluding hydrogens is 274 g/mol. The average Bonchev–Trinajstić information content (AvgIpc) is 3.18. The fraction of sp³-hybridized carbons (Fsp3) is 0.611. The maximum atomic E-state index is 13.0. The molecule has 4 rings (SSSR count). The van der Waals surface area contributed by atoms with Crippen molar-refractivity contribution in [3.05, 3.63) is 35.4 Å². The smallest absolute Gasteiger partial charge is 0.254 e. The van der Waals surface area contributed by atoms with Gasteiger partial charge in [0.2, 0.25) is 0 Å². The Morgan fingerprint density at radius 3 is 2.27 bits per heavy atom. The Bertz CT molecular complexity index is 550. The summed E-state index contributed by atoms with van der Waals surface area (Å²) in [4.78, 5) is 17.3. The Labute approximate surface area is 132 Å². The Kier molecular flexibility index (Phi) is 3.46. The summed E-state index contributed by atoms with van der Waals surface area (Å²) in [6, 6.07) is 9.14. The topological polar surface area (TPSA) is 35.6 Å². The minimum atomic E-state index is 0.248. The van der Waals surface area contributed by atoms with Gasteiger partial charge in [-0.1, -0.05) is 12.1 Å². The highest BCUT2D eigenvalue weighted by Gasteiger charge is 2.56. The Morgan fingerprint density at radius 2 is 1.73 bits per heavy atom. The van der Waals surface area contributed by atoms with Crippen LogP contribution in [0.4, 0.5) is 0 Å². The summed E-state index contributed by atoms with van der Waals surface area (Å²) >= 11 is 0. The second-order valence-corrected chi connectivity index (χ2v) is 7.35. The van der Waals surface area contributed by atoms with Gasteiger partial charge in [0, 0.05) is 37.3 Å². The third kappa shape index (κ3) is 2.17. The first-order valence-electron chi connectivity index (χ1n) is 8.42. The van der Waals surface area contributed by atoms with E-state index in [1.807, 2.05) is 12.1 Å². The molecule has 1 aromatic rings.